The van der Waals surface area contributed by atoms with Crippen molar-refractivity contribution in [3.05, 3.63) is 65.2 Å². The zero-order chi connectivity index (χ0) is 20.2. The van der Waals surface area contributed by atoms with Crippen molar-refractivity contribution in [2.24, 2.45) is 0 Å². The Hall–Kier alpha value is -2.35. The number of aromatic nitrogens is 1. The normalized spacial score (nSPS) is 13.1. The molecule has 8 heteroatoms. The summed E-state index contributed by atoms with van der Waals surface area (Å²) in [6, 6.07) is 16.8. The number of rotatable bonds is 7. The van der Waals surface area contributed by atoms with Crippen LogP contribution < -0.4 is 10.6 Å². The van der Waals surface area contributed by atoms with Crippen molar-refractivity contribution >= 4 is 51.5 Å². The van der Waals surface area contributed by atoms with E-state index in [1.807, 2.05) is 30.3 Å². The maximum atomic E-state index is 12.7. The highest BCUT2D eigenvalue weighted by Gasteiger charge is 2.23. The molecule has 0 spiro atoms. The predicted octanol–water partition coefficient (Wildman–Crippen LogP) is 5.09. The molecule has 2 aromatic carbocycles. The first kappa shape index (κ1) is 19.9. The van der Waals surface area contributed by atoms with Crippen molar-refractivity contribution < 1.29 is 9.59 Å². The summed E-state index contributed by atoms with van der Waals surface area (Å²) in [5.41, 5.74) is 2.07. The summed E-state index contributed by atoms with van der Waals surface area (Å²) in [5, 5.41) is 7.07. The molecule has 0 unspecified atom stereocenters. The number of amides is 2. The van der Waals surface area contributed by atoms with Gasteiger partial charge in [-0.1, -0.05) is 71.1 Å². The van der Waals surface area contributed by atoms with E-state index in [1.165, 1.54) is 23.1 Å². The van der Waals surface area contributed by atoms with Crippen LogP contribution in [-0.2, 0) is 4.79 Å². The van der Waals surface area contributed by atoms with Gasteiger partial charge in [0, 0.05) is 22.2 Å². The molecule has 1 aromatic heterocycles. The van der Waals surface area contributed by atoms with Crippen molar-refractivity contribution in [3.63, 3.8) is 0 Å². The van der Waals surface area contributed by atoms with Gasteiger partial charge in [0.1, 0.15) is 10.7 Å². The topological polar surface area (TPSA) is 71.1 Å². The number of halogens is 1. The van der Waals surface area contributed by atoms with Crippen LogP contribution in [0.3, 0.4) is 0 Å². The highest BCUT2D eigenvalue weighted by atomic mass is 35.5. The molecule has 5 nitrogen and oxygen atoms in total. The molecule has 1 heterocycles. The molecule has 148 valence electrons. The van der Waals surface area contributed by atoms with Gasteiger partial charge in [-0.2, -0.15) is 0 Å². The number of nitrogens with one attached hydrogen (secondary N) is 2. The second-order valence-electron chi connectivity index (χ2n) is 6.62. The van der Waals surface area contributed by atoms with Crippen molar-refractivity contribution in [3.8, 4) is 11.3 Å². The minimum atomic E-state index is -0.253. The summed E-state index contributed by atoms with van der Waals surface area (Å²) in [5.74, 6) is 0.0646. The van der Waals surface area contributed by atoms with Crippen molar-refractivity contribution in [2.45, 2.75) is 23.2 Å². The zero-order valence-electron chi connectivity index (χ0n) is 15.4. The minimum Gasteiger partial charge on any atom is -0.353 e. The number of hydrogen-bond acceptors (Lipinski definition) is 5. The highest BCUT2D eigenvalue weighted by Crippen LogP contribution is 2.38. The second kappa shape index (κ2) is 8.98. The Kier molecular flexibility index (Phi) is 6.18. The Bertz CT molecular complexity index is 1040. The minimum absolute atomic E-state index is 0.0125. The molecule has 3 aromatic rings. The Morgan fingerprint density at radius 3 is 2.66 bits per heavy atom. The number of carbonyl (C=O) groups is 2. The largest absolute Gasteiger partial charge is 0.353 e. The number of thioether (sulfide) groups is 1. The summed E-state index contributed by atoms with van der Waals surface area (Å²) in [7, 11) is 0. The summed E-state index contributed by atoms with van der Waals surface area (Å²) >= 11 is 8.74. The Labute approximate surface area is 181 Å². The molecule has 1 saturated carbocycles. The molecule has 0 saturated heterocycles. The van der Waals surface area contributed by atoms with Crippen LogP contribution in [0.4, 0.5) is 5.00 Å². The lowest BCUT2D eigenvalue weighted by Crippen LogP contribution is -2.26. The number of carbonyl (C=O) groups excluding carboxylic acids is 2. The van der Waals surface area contributed by atoms with Gasteiger partial charge in [0.15, 0.2) is 4.34 Å². The third kappa shape index (κ3) is 5.38. The fourth-order valence-corrected chi connectivity index (χ4v) is 4.73. The first-order valence-corrected chi connectivity index (χ1v) is 11.3. The summed E-state index contributed by atoms with van der Waals surface area (Å²) < 4.78 is 0.733. The Morgan fingerprint density at radius 1 is 1.14 bits per heavy atom. The fraction of sp³-hybridized carbons (Fsp3) is 0.190. The quantitative estimate of drug-likeness (QED) is 0.499. The predicted molar refractivity (Wildman–Crippen MR) is 119 cm³/mol. The van der Waals surface area contributed by atoms with E-state index < -0.39 is 0 Å². The molecule has 2 N–H and O–H groups in total. The van der Waals surface area contributed by atoms with Crippen LogP contribution in [0.15, 0.2) is 58.9 Å². The molecule has 4 rings (SSSR count). The van der Waals surface area contributed by atoms with Gasteiger partial charge in [-0.15, -0.1) is 0 Å². The maximum absolute atomic E-state index is 12.7. The summed E-state index contributed by atoms with van der Waals surface area (Å²) in [6.07, 6.45) is 2.12. The van der Waals surface area contributed by atoms with Gasteiger partial charge in [0.25, 0.3) is 5.91 Å². The SMILES string of the molecule is O=C(CSc1nc(-c2ccccc2)c(NC(=O)c2cccc(Cl)c2)s1)NC1CC1. The number of nitrogens with zero attached hydrogens (tertiary/aromatic N) is 1. The van der Waals surface area contributed by atoms with E-state index >= 15 is 0 Å². The molecule has 0 atom stereocenters. The number of hydrogen-bond donors (Lipinski definition) is 2. The summed E-state index contributed by atoms with van der Waals surface area (Å²) in [6.45, 7) is 0. The van der Waals surface area contributed by atoms with Crippen LogP contribution in [0.5, 0.6) is 0 Å². The van der Waals surface area contributed by atoms with Crippen molar-refractivity contribution in [1.82, 2.24) is 10.3 Å². The van der Waals surface area contributed by atoms with Gasteiger partial charge in [0.05, 0.1) is 5.75 Å². The number of benzene rings is 2. The molecule has 2 amide bonds. The lowest BCUT2D eigenvalue weighted by molar-refractivity contribution is -0.118. The van der Waals surface area contributed by atoms with Gasteiger partial charge in [-0.25, -0.2) is 4.98 Å². The fourth-order valence-electron chi connectivity index (χ4n) is 2.67. The lowest BCUT2D eigenvalue weighted by Gasteiger charge is -2.05. The molecule has 1 aliphatic carbocycles. The smallest absolute Gasteiger partial charge is 0.256 e. The van der Waals surface area contributed by atoms with Crippen molar-refractivity contribution in [1.29, 1.82) is 0 Å². The van der Waals surface area contributed by atoms with E-state index in [4.69, 9.17) is 11.6 Å². The van der Waals surface area contributed by atoms with E-state index in [2.05, 4.69) is 15.6 Å². The average Bonchev–Trinajstić information content (AvgIpc) is 3.45. The molecule has 0 radical (unpaired) electrons. The van der Waals surface area contributed by atoms with Crippen LogP contribution in [0.25, 0.3) is 11.3 Å². The van der Waals surface area contributed by atoms with Crippen LogP contribution in [0.1, 0.15) is 23.2 Å². The van der Waals surface area contributed by atoms with Crippen molar-refractivity contribution in [2.75, 3.05) is 11.1 Å². The third-order valence-electron chi connectivity index (χ3n) is 4.24. The molecule has 29 heavy (non-hydrogen) atoms. The molecule has 1 fully saturated rings. The Balaban J connectivity index is 1.54. The average molecular weight is 444 g/mol. The van der Waals surface area contributed by atoms with Gasteiger partial charge in [-0.3, -0.25) is 9.59 Å². The van der Waals surface area contributed by atoms with Crippen LogP contribution >= 0.6 is 34.7 Å². The number of anilines is 1. The summed E-state index contributed by atoms with van der Waals surface area (Å²) in [4.78, 5) is 29.3. The van der Waals surface area contributed by atoms with Gasteiger partial charge < -0.3 is 10.6 Å². The highest BCUT2D eigenvalue weighted by molar-refractivity contribution is 8.01. The first-order valence-electron chi connectivity index (χ1n) is 9.14. The first-order chi connectivity index (χ1) is 14.1. The van der Waals surface area contributed by atoms with Gasteiger partial charge in [0.2, 0.25) is 5.91 Å². The molecular formula is C21H18ClN3O2S2. The van der Waals surface area contributed by atoms with Gasteiger partial charge >= 0.3 is 0 Å². The van der Waals surface area contributed by atoms with E-state index in [9.17, 15) is 9.59 Å². The van der Waals surface area contributed by atoms with Crippen LogP contribution in [0.2, 0.25) is 5.02 Å². The molecule has 0 aliphatic heterocycles. The van der Waals surface area contributed by atoms with E-state index in [-0.39, 0.29) is 11.8 Å². The Morgan fingerprint density at radius 2 is 1.93 bits per heavy atom. The second-order valence-corrected chi connectivity index (χ2v) is 9.28. The van der Waals surface area contributed by atoms with E-state index in [0.29, 0.717) is 33.1 Å². The lowest BCUT2D eigenvalue weighted by atomic mass is 10.1. The number of thiazole rings is 1. The van der Waals surface area contributed by atoms with Crippen LogP contribution in [-0.4, -0.2) is 28.6 Å². The van der Waals surface area contributed by atoms with Gasteiger partial charge in [-0.05, 0) is 31.0 Å². The van der Waals surface area contributed by atoms with E-state index in [1.54, 1.807) is 24.3 Å². The third-order valence-corrected chi connectivity index (χ3v) is 6.59. The standard InChI is InChI=1S/C21H18ClN3O2S2/c22-15-8-4-7-14(11-15)19(27)25-20-18(13-5-2-1-3-6-13)24-21(29-20)28-12-17(26)23-16-9-10-16/h1-8,11,16H,9-10,12H2,(H,23,26)(H,25,27). The maximum Gasteiger partial charge on any atom is 0.256 e. The molecule has 1 aliphatic rings. The van der Waals surface area contributed by atoms with E-state index in [0.717, 1.165) is 22.7 Å². The molecule has 0 bridgehead atoms. The van der Waals surface area contributed by atoms with Crippen LogP contribution in [0, 0.1) is 0 Å². The monoisotopic (exact) mass is 443 g/mol. The molecular weight excluding hydrogens is 426 g/mol. The zero-order valence-corrected chi connectivity index (χ0v) is 17.7.